The predicted octanol–water partition coefficient (Wildman–Crippen LogP) is 3.07. The van der Waals surface area contributed by atoms with Gasteiger partial charge in [0.05, 0.1) is 10.0 Å². The molecule has 1 aromatic rings. The zero-order valence-electron chi connectivity index (χ0n) is 4.59. The molecule has 4 heteroatoms. The van der Waals surface area contributed by atoms with Crippen molar-refractivity contribution in [1.29, 1.82) is 0 Å². The normalized spacial score (nSPS) is 10.0. The molecule has 0 heterocycles. The Balaban J connectivity index is 3.28. The minimum Gasteiger partial charge on any atom is -0.204 e. The van der Waals surface area contributed by atoms with Gasteiger partial charge in [-0.3, -0.25) is 0 Å². The minimum absolute atomic E-state index is 0.0411. The Hall–Kier alpha value is -0.340. The van der Waals surface area contributed by atoms with E-state index in [1.54, 1.807) is 0 Å². The maximum absolute atomic E-state index is 12.2. The SMILES string of the molecule is Fc1[c]c(Cl)c(Cl)cc1F. The summed E-state index contributed by atoms with van der Waals surface area (Å²) in [5.74, 6) is -2.16. The van der Waals surface area contributed by atoms with Gasteiger partial charge in [-0.2, -0.15) is 0 Å². The Kier molecular flexibility index (Phi) is 2.11. The largest absolute Gasteiger partial charge is 0.204 e. The average Bonchev–Trinajstić information content (AvgIpc) is 1.84. The number of halogens is 4. The first-order valence-electron chi connectivity index (χ1n) is 2.33. The lowest BCUT2D eigenvalue weighted by atomic mass is 10.3. The van der Waals surface area contributed by atoms with Crippen LogP contribution in [0.15, 0.2) is 6.07 Å². The second-order valence-electron chi connectivity index (χ2n) is 1.59. The zero-order chi connectivity index (χ0) is 7.72. The van der Waals surface area contributed by atoms with Crippen LogP contribution in [-0.2, 0) is 0 Å². The van der Waals surface area contributed by atoms with Crippen molar-refractivity contribution in [1.82, 2.24) is 0 Å². The number of rotatable bonds is 0. The van der Waals surface area contributed by atoms with Crippen LogP contribution in [0.25, 0.3) is 0 Å². The second-order valence-corrected chi connectivity index (χ2v) is 2.38. The van der Waals surface area contributed by atoms with Crippen LogP contribution in [0, 0.1) is 17.7 Å². The van der Waals surface area contributed by atoms with Crippen LogP contribution in [0.2, 0.25) is 10.0 Å². The first-order chi connectivity index (χ1) is 4.61. The molecule has 0 saturated heterocycles. The van der Waals surface area contributed by atoms with Crippen molar-refractivity contribution in [3.05, 3.63) is 33.8 Å². The smallest absolute Gasteiger partial charge is 0.168 e. The summed E-state index contributed by atoms with van der Waals surface area (Å²) < 4.78 is 24.4. The number of hydrogen-bond donors (Lipinski definition) is 0. The van der Waals surface area contributed by atoms with E-state index in [-0.39, 0.29) is 10.0 Å². The molecular weight excluding hydrogens is 181 g/mol. The van der Waals surface area contributed by atoms with Crippen LogP contribution in [0.3, 0.4) is 0 Å². The fraction of sp³-hybridized carbons (Fsp3) is 0. The molecule has 0 aliphatic rings. The molecule has 53 valence electrons. The molecule has 10 heavy (non-hydrogen) atoms. The first-order valence-corrected chi connectivity index (χ1v) is 3.09. The van der Waals surface area contributed by atoms with Gasteiger partial charge in [-0.05, 0) is 6.07 Å². The minimum atomic E-state index is -1.12. The standard InChI is InChI=1S/C6HCl2F2/c7-3-1-5(9)6(10)2-4(3)8/h1H. The molecule has 1 aromatic carbocycles. The van der Waals surface area contributed by atoms with E-state index in [9.17, 15) is 8.78 Å². The molecule has 0 nitrogen and oxygen atoms in total. The third-order valence-corrected chi connectivity index (χ3v) is 1.59. The lowest BCUT2D eigenvalue weighted by Crippen LogP contribution is -1.83. The monoisotopic (exact) mass is 181 g/mol. The third-order valence-electron chi connectivity index (χ3n) is 0.892. The highest BCUT2D eigenvalue weighted by molar-refractivity contribution is 6.41. The van der Waals surface area contributed by atoms with Gasteiger partial charge in [-0.1, -0.05) is 23.2 Å². The van der Waals surface area contributed by atoms with E-state index in [4.69, 9.17) is 23.2 Å². The van der Waals surface area contributed by atoms with Crippen LogP contribution in [0.4, 0.5) is 8.78 Å². The third kappa shape index (κ3) is 1.39. The molecule has 0 atom stereocenters. The van der Waals surface area contributed by atoms with E-state index >= 15 is 0 Å². The van der Waals surface area contributed by atoms with E-state index in [1.807, 2.05) is 6.07 Å². The average molecular weight is 182 g/mol. The molecule has 0 amide bonds. The van der Waals surface area contributed by atoms with Crippen LogP contribution < -0.4 is 0 Å². The molecule has 0 N–H and O–H groups in total. The Morgan fingerprint density at radius 3 is 2.40 bits per heavy atom. The lowest BCUT2D eigenvalue weighted by molar-refractivity contribution is 0.507. The van der Waals surface area contributed by atoms with Gasteiger partial charge in [0.1, 0.15) is 0 Å². The summed E-state index contributed by atoms with van der Waals surface area (Å²) in [5.41, 5.74) is 0. The van der Waals surface area contributed by atoms with Crippen LogP contribution in [0.1, 0.15) is 0 Å². The van der Waals surface area contributed by atoms with Crippen molar-refractivity contribution in [3.63, 3.8) is 0 Å². The second kappa shape index (κ2) is 2.72. The van der Waals surface area contributed by atoms with E-state index in [2.05, 4.69) is 0 Å². The highest BCUT2D eigenvalue weighted by Crippen LogP contribution is 2.23. The van der Waals surface area contributed by atoms with Gasteiger partial charge in [0, 0.05) is 6.07 Å². The van der Waals surface area contributed by atoms with E-state index < -0.39 is 11.6 Å². The Bertz CT molecular complexity index is 210. The van der Waals surface area contributed by atoms with E-state index in [1.165, 1.54) is 0 Å². The fourth-order valence-electron chi connectivity index (χ4n) is 0.454. The lowest BCUT2D eigenvalue weighted by Gasteiger charge is -1.94. The zero-order valence-corrected chi connectivity index (χ0v) is 6.10. The van der Waals surface area contributed by atoms with Gasteiger partial charge in [-0.25, -0.2) is 8.78 Å². The molecule has 0 aromatic heterocycles. The summed E-state index contributed by atoms with van der Waals surface area (Å²) in [6.07, 6.45) is 0. The highest BCUT2D eigenvalue weighted by atomic mass is 35.5. The van der Waals surface area contributed by atoms with Crippen molar-refractivity contribution in [2.45, 2.75) is 0 Å². The molecule has 0 spiro atoms. The van der Waals surface area contributed by atoms with E-state index in [0.717, 1.165) is 6.07 Å². The quantitative estimate of drug-likeness (QED) is 0.540. The van der Waals surface area contributed by atoms with Crippen molar-refractivity contribution in [2.24, 2.45) is 0 Å². The van der Waals surface area contributed by atoms with Gasteiger partial charge in [0.15, 0.2) is 11.6 Å². The summed E-state index contributed by atoms with van der Waals surface area (Å²) in [6.45, 7) is 0. The van der Waals surface area contributed by atoms with Gasteiger partial charge in [0.2, 0.25) is 0 Å². The van der Waals surface area contributed by atoms with Crippen molar-refractivity contribution < 1.29 is 8.78 Å². The van der Waals surface area contributed by atoms with Gasteiger partial charge in [0.25, 0.3) is 0 Å². The van der Waals surface area contributed by atoms with Gasteiger partial charge < -0.3 is 0 Å². The summed E-state index contributed by atoms with van der Waals surface area (Å²) >= 11 is 10.6. The summed E-state index contributed by atoms with van der Waals surface area (Å²) in [5, 5.41) is -0.152. The molecule has 0 aliphatic carbocycles. The maximum Gasteiger partial charge on any atom is 0.168 e. The fourth-order valence-corrected chi connectivity index (χ4v) is 0.734. The maximum atomic E-state index is 12.2. The summed E-state index contributed by atoms with van der Waals surface area (Å²) in [4.78, 5) is 0. The first kappa shape index (κ1) is 7.76. The van der Waals surface area contributed by atoms with E-state index in [0.29, 0.717) is 0 Å². The van der Waals surface area contributed by atoms with Crippen LogP contribution in [-0.4, -0.2) is 0 Å². The Morgan fingerprint density at radius 2 is 1.90 bits per heavy atom. The summed E-state index contributed by atoms with van der Waals surface area (Å²) in [6, 6.07) is 2.70. The summed E-state index contributed by atoms with van der Waals surface area (Å²) in [7, 11) is 0. The molecular formula is C6HCl2F2. The van der Waals surface area contributed by atoms with Gasteiger partial charge >= 0.3 is 0 Å². The molecule has 0 bridgehead atoms. The van der Waals surface area contributed by atoms with Crippen LogP contribution in [0.5, 0.6) is 0 Å². The van der Waals surface area contributed by atoms with Crippen molar-refractivity contribution in [3.8, 4) is 0 Å². The van der Waals surface area contributed by atoms with Gasteiger partial charge in [-0.15, -0.1) is 0 Å². The molecule has 0 fully saturated rings. The Labute approximate surface area is 66.4 Å². The molecule has 0 saturated carbocycles. The van der Waals surface area contributed by atoms with Crippen LogP contribution >= 0.6 is 23.2 Å². The topological polar surface area (TPSA) is 0 Å². The number of hydrogen-bond acceptors (Lipinski definition) is 0. The molecule has 0 aliphatic heterocycles. The number of benzene rings is 1. The predicted molar refractivity (Wildman–Crippen MR) is 35.2 cm³/mol. The van der Waals surface area contributed by atoms with Crippen molar-refractivity contribution >= 4 is 23.2 Å². The molecule has 1 rings (SSSR count). The molecule has 0 unspecified atom stereocenters. The highest BCUT2D eigenvalue weighted by Gasteiger charge is 2.05. The molecule has 1 radical (unpaired) electrons. The van der Waals surface area contributed by atoms with Crippen molar-refractivity contribution in [2.75, 3.05) is 0 Å². The Morgan fingerprint density at radius 1 is 1.30 bits per heavy atom.